The van der Waals surface area contributed by atoms with Crippen LogP contribution in [-0.2, 0) is 0 Å². The van der Waals surface area contributed by atoms with Crippen LogP contribution in [0.1, 0.15) is 0 Å². The number of pyridine rings is 3. The van der Waals surface area contributed by atoms with Crippen molar-refractivity contribution in [3.8, 4) is 44.9 Å². The summed E-state index contributed by atoms with van der Waals surface area (Å²) in [6.45, 7) is 0. The molecular weight excluding hydrogens is 462 g/mol. The molecule has 0 atom stereocenters. The van der Waals surface area contributed by atoms with Gasteiger partial charge in [0.15, 0.2) is 0 Å². The topological polar surface area (TPSA) is 38.7 Å². The Balaban J connectivity index is 1.47. The smallest absolute Gasteiger partial charge is 0.0980 e. The summed E-state index contributed by atoms with van der Waals surface area (Å²) in [7, 11) is 0. The fourth-order valence-corrected chi connectivity index (χ4v) is 5.31. The second-order valence-corrected chi connectivity index (χ2v) is 9.28. The van der Waals surface area contributed by atoms with Gasteiger partial charge in [0.05, 0.1) is 17.1 Å². The van der Waals surface area contributed by atoms with Gasteiger partial charge < -0.3 is 0 Å². The Morgan fingerprint density at radius 3 is 1.97 bits per heavy atom. The van der Waals surface area contributed by atoms with E-state index in [-0.39, 0.29) is 0 Å². The van der Waals surface area contributed by atoms with E-state index in [1.807, 2.05) is 30.5 Å². The summed E-state index contributed by atoms with van der Waals surface area (Å²) >= 11 is 0. The molecule has 0 radical (unpaired) electrons. The lowest BCUT2D eigenvalue weighted by molar-refractivity contribution is 1.23. The number of hydrogen-bond acceptors (Lipinski definition) is 3. The van der Waals surface area contributed by atoms with Crippen molar-refractivity contribution in [2.45, 2.75) is 0 Å². The lowest BCUT2D eigenvalue weighted by Gasteiger charge is -2.17. The molecule has 7 rings (SSSR count). The van der Waals surface area contributed by atoms with E-state index in [0.717, 1.165) is 28.2 Å². The molecule has 0 fully saturated rings. The van der Waals surface area contributed by atoms with Crippen molar-refractivity contribution >= 4 is 21.5 Å². The van der Waals surface area contributed by atoms with Crippen molar-refractivity contribution in [2.75, 3.05) is 0 Å². The predicted octanol–water partition coefficient (Wildman–Crippen LogP) is 8.85. The van der Waals surface area contributed by atoms with Crippen LogP contribution in [0.3, 0.4) is 0 Å². The van der Waals surface area contributed by atoms with E-state index in [1.54, 1.807) is 12.4 Å². The molecule has 0 aliphatic heterocycles. The summed E-state index contributed by atoms with van der Waals surface area (Å²) in [5.41, 5.74) is 8.22. The zero-order chi connectivity index (χ0) is 25.3. The van der Waals surface area contributed by atoms with Crippen LogP contribution in [0.25, 0.3) is 66.4 Å². The van der Waals surface area contributed by atoms with Crippen LogP contribution in [0, 0.1) is 0 Å². The van der Waals surface area contributed by atoms with Crippen molar-refractivity contribution < 1.29 is 0 Å². The molecule has 0 unspecified atom stereocenters. The number of fused-ring (bicyclic) bond motifs is 2. The highest BCUT2D eigenvalue weighted by molar-refractivity contribution is 6.10. The molecule has 3 nitrogen and oxygen atoms in total. The highest BCUT2D eigenvalue weighted by atomic mass is 14.8. The first-order valence-electron chi connectivity index (χ1n) is 12.7. The molecule has 0 N–H and O–H groups in total. The fourth-order valence-electron chi connectivity index (χ4n) is 5.31. The number of nitrogens with zero attached hydrogens (tertiary/aromatic N) is 3. The van der Waals surface area contributed by atoms with Crippen molar-refractivity contribution in [3.05, 3.63) is 140 Å². The molecule has 0 bridgehead atoms. The molecule has 38 heavy (non-hydrogen) atoms. The molecule has 4 aromatic carbocycles. The molecule has 0 amide bonds. The Morgan fingerprint density at radius 1 is 0.395 bits per heavy atom. The van der Waals surface area contributed by atoms with Gasteiger partial charge in [-0.1, -0.05) is 84.9 Å². The molecule has 178 valence electrons. The average molecular weight is 486 g/mol. The standard InChI is InChI=1S/C35H23N3/c1-3-12-27-24(9-1)11-7-14-30(27)34-28-13-4-2-10-25(28)17-18-29(34)26-19-22-37-33(23-26)31-15-8-21-38-35(31)32-16-5-6-20-36-32/h1-23H. The molecule has 0 saturated carbocycles. The van der Waals surface area contributed by atoms with E-state index < -0.39 is 0 Å². The maximum Gasteiger partial charge on any atom is 0.0980 e. The van der Waals surface area contributed by atoms with Crippen molar-refractivity contribution in [3.63, 3.8) is 0 Å². The number of benzene rings is 4. The van der Waals surface area contributed by atoms with Crippen molar-refractivity contribution in [2.24, 2.45) is 0 Å². The average Bonchev–Trinajstić information content (AvgIpc) is 3.01. The summed E-state index contributed by atoms with van der Waals surface area (Å²) in [5.74, 6) is 0. The monoisotopic (exact) mass is 485 g/mol. The number of hydrogen-bond donors (Lipinski definition) is 0. The Hall–Kier alpha value is -5.15. The van der Waals surface area contributed by atoms with Crippen LogP contribution < -0.4 is 0 Å². The minimum atomic E-state index is 0.825. The maximum atomic E-state index is 4.77. The molecule has 3 heterocycles. The zero-order valence-electron chi connectivity index (χ0n) is 20.6. The quantitative estimate of drug-likeness (QED) is 0.250. The summed E-state index contributed by atoms with van der Waals surface area (Å²) in [5, 5.41) is 4.93. The molecule has 7 aromatic rings. The highest BCUT2D eigenvalue weighted by Crippen LogP contribution is 2.42. The second kappa shape index (κ2) is 9.38. The van der Waals surface area contributed by atoms with E-state index in [2.05, 4.69) is 107 Å². The van der Waals surface area contributed by atoms with Crippen LogP contribution in [0.15, 0.2) is 140 Å². The molecule has 0 aliphatic rings. The molecule has 0 saturated heterocycles. The fraction of sp³-hybridized carbons (Fsp3) is 0. The number of rotatable bonds is 4. The van der Waals surface area contributed by atoms with Crippen molar-refractivity contribution in [1.82, 2.24) is 15.0 Å². The van der Waals surface area contributed by atoms with Crippen LogP contribution in [0.2, 0.25) is 0 Å². The number of aromatic nitrogens is 3. The first-order valence-corrected chi connectivity index (χ1v) is 12.7. The summed E-state index contributed by atoms with van der Waals surface area (Å²) < 4.78 is 0. The Labute approximate surface area is 221 Å². The van der Waals surface area contributed by atoms with Gasteiger partial charge in [-0.15, -0.1) is 0 Å². The first kappa shape index (κ1) is 22.1. The van der Waals surface area contributed by atoms with Gasteiger partial charge in [-0.25, -0.2) is 0 Å². The van der Waals surface area contributed by atoms with Gasteiger partial charge in [-0.3, -0.25) is 15.0 Å². The third-order valence-corrected chi connectivity index (χ3v) is 7.05. The van der Waals surface area contributed by atoms with Crippen LogP contribution in [0.5, 0.6) is 0 Å². The van der Waals surface area contributed by atoms with E-state index >= 15 is 0 Å². The second-order valence-electron chi connectivity index (χ2n) is 9.28. The van der Waals surface area contributed by atoms with Crippen LogP contribution in [-0.4, -0.2) is 15.0 Å². The largest absolute Gasteiger partial charge is 0.256 e. The van der Waals surface area contributed by atoms with E-state index in [4.69, 9.17) is 4.98 Å². The van der Waals surface area contributed by atoms with Gasteiger partial charge in [0.1, 0.15) is 0 Å². The molecule has 3 heteroatoms. The Morgan fingerprint density at radius 2 is 1.11 bits per heavy atom. The van der Waals surface area contributed by atoms with Gasteiger partial charge in [-0.05, 0) is 80.2 Å². The van der Waals surface area contributed by atoms with E-state index in [1.165, 1.54) is 38.2 Å². The molecule has 0 spiro atoms. The maximum absolute atomic E-state index is 4.77. The van der Waals surface area contributed by atoms with Gasteiger partial charge in [0, 0.05) is 24.2 Å². The van der Waals surface area contributed by atoms with E-state index in [0.29, 0.717) is 0 Å². The first-order chi connectivity index (χ1) is 18.9. The zero-order valence-corrected chi connectivity index (χ0v) is 20.6. The van der Waals surface area contributed by atoms with Gasteiger partial charge >= 0.3 is 0 Å². The summed E-state index contributed by atoms with van der Waals surface area (Å²) in [6.07, 6.45) is 5.49. The Kier molecular flexibility index (Phi) is 5.45. The van der Waals surface area contributed by atoms with Gasteiger partial charge in [0.25, 0.3) is 0 Å². The highest BCUT2D eigenvalue weighted by Gasteiger charge is 2.16. The molecule has 3 aromatic heterocycles. The van der Waals surface area contributed by atoms with Crippen LogP contribution in [0.4, 0.5) is 0 Å². The van der Waals surface area contributed by atoms with Gasteiger partial charge in [-0.2, -0.15) is 0 Å². The van der Waals surface area contributed by atoms with E-state index in [9.17, 15) is 0 Å². The van der Waals surface area contributed by atoms with Crippen molar-refractivity contribution in [1.29, 1.82) is 0 Å². The molecule has 0 aliphatic carbocycles. The minimum absolute atomic E-state index is 0.825. The van der Waals surface area contributed by atoms with Gasteiger partial charge in [0.2, 0.25) is 0 Å². The van der Waals surface area contributed by atoms with Crippen LogP contribution >= 0.6 is 0 Å². The third-order valence-electron chi connectivity index (χ3n) is 7.05. The normalized spacial score (nSPS) is 11.2. The molecular formula is C35H23N3. The summed E-state index contributed by atoms with van der Waals surface area (Å²) in [4.78, 5) is 14.0. The summed E-state index contributed by atoms with van der Waals surface area (Å²) in [6, 6.07) is 42.4. The predicted molar refractivity (Wildman–Crippen MR) is 157 cm³/mol. The Bertz CT molecular complexity index is 1920. The lowest BCUT2D eigenvalue weighted by atomic mass is 9.87. The SMILES string of the molecule is c1ccc(-c2ncccc2-c2cc(-c3ccc4ccccc4c3-c3cccc4ccccc34)ccn2)nc1. The minimum Gasteiger partial charge on any atom is -0.256 e. The third kappa shape index (κ3) is 3.82. The lowest BCUT2D eigenvalue weighted by Crippen LogP contribution is -1.94.